The zero-order valence-corrected chi connectivity index (χ0v) is 38.3. The standard InChI is InChI=1S/C44H52F2N9O11P/c1-5-40(30(2)64-43(58)66-31(3)65-41(56)22-50(4)29-63-67(59)60)55-42(57)54(28-49-55)36-9-7-34(8-10-36)51-16-18-52(19-17-51)35-11-13-37(14-12-35)61-23-32-21-44(62-24-32,25-53-27-47-26-48-53)38-15-6-33(45)20-39(38)46/h6-15,20,26-28,30-32,40H,5,16-19,21-25,29H2,1-4H3/p+1/t30-,31?,32+,40-,44-/m0/s1. The van der Waals surface area contributed by atoms with Crippen LogP contribution in [0.4, 0.5) is 25.0 Å². The maximum absolute atomic E-state index is 15.0. The fourth-order valence-corrected chi connectivity index (χ4v) is 8.58. The summed E-state index contributed by atoms with van der Waals surface area (Å²) >= 11 is 0. The van der Waals surface area contributed by atoms with Crippen LogP contribution in [0.25, 0.3) is 5.69 Å². The van der Waals surface area contributed by atoms with Gasteiger partial charge in [-0.05, 0) is 81.4 Å². The van der Waals surface area contributed by atoms with Crippen LogP contribution in [0, 0.1) is 17.6 Å². The maximum atomic E-state index is 15.0. The fourth-order valence-electron chi connectivity index (χ4n) is 8.28. The number of benzene rings is 3. The Labute approximate surface area is 385 Å². The minimum atomic E-state index is -2.83. The van der Waals surface area contributed by atoms with Gasteiger partial charge in [-0.3, -0.25) is 9.69 Å². The summed E-state index contributed by atoms with van der Waals surface area (Å²) in [6.45, 7) is 8.15. The predicted molar refractivity (Wildman–Crippen MR) is 237 cm³/mol. The van der Waals surface area contributed by atoms with E-state index in [2.05, 4.69) is 29.5 Å². The Hall–Kier alpha value is -6.32. The molecular weight excluding hydrogens is 900 g/mol. The second kappa shape index (κ2) is 22.0. The SMILES string of the molecule is CC[C@@H]([C@H](C)OC(=O)OC(C)OC(=O)CN(C)CO[P+](=O)O)n1ncn(-c2ccc(N3CCN(c4ccc(OC[C@@H]5CO[C@@](Cn6cncn6)(c6ccc(F)cc6F)C5)cc4)CC3)cc2)c1=O. The number of hydrogen-bond donors (Lipinski definition) is 1. The lowest BCUT2D eigenvalue weighted by Crippen LogP contribution is -2.46. The second-order valence-corrected chi connectivity index (χ2v) is 17.1. The summed E-state index contributed by atoms with van der Waals surface area (Å²) in [5, 5.41) is 8.51. The van der Waals surface area contributed by atoms with Gasteiger partial charge in [0.2, 0.25) is 6.29 Å². The molecule has 4 heterocycles. The summed E-state index contributed by atoms with van der Waals surface area (Å²) in [7, 11) is -1.37. The molecular formula is C44H53F2N9O11P+. The number of carbonyl (C=O) groups excluding carboxylic acids is 2. The number of hydrogen-bond acceptors (Lipinski definition) is 16. The van der Waals surface area contributed by atoms with E-state index in [0.29, 0.717) is 37.5 Å². The van der Waals surface area contributed by atoms with Crippen molar-refractivity contribution in [3.8, 4) is 11.4 Å². The molecule has 2 aliphatic rings. The van der Waals surface area contributed by atoms with E-state index >= 15 is 4.39 Å². The first-order chi connectivity index (χ1) is 32.2. The van der Waals surface area contributed by atoms with Crippen molar-refractivity contribution < 1.29 is 56.0 Å². The van der Waals surface area contributed by atoms with E-state index in [9.17, 15) is 23.3 Å². The summed E-state index contributed by atoms with van der Waals surface area (Å²) in [6.07, 6.45) is 1.93. The number of anilines is 2. The van der Waals surface area contributed by atoms with Crippen LogP contribution in [0.2, 0.25) is 0 Å². The van der Waals surface area contributed by atoms with E-state index in [4.69, 9.17) is 28.6 Å². The van der Waals surface area contributed by atoms with Crippen molar-refractivity contribution in [1.29, 1.82) is 0 Å². The molecule has 20 nitrogen and oxygen atoms in total. The first-order valence-electron chi connectivity index (χ1n) is 21.7. The van der Waals surface area contributed by atoms with Crippen molar-refractivity contribution >= 4 is 31.8 Å². The van der Waals surface area contributed by atoms with Gasteiger partial charge in [-0.1, -0.05) is 13.0 Å². The van der Waals surface area contributed by atoms with E-state index in [1.54, 1.807) is 17.9 Å². The van der Waals surface area contributed by atoms with Crippen LogP contribution >= 0.6 is 8.25 Å². The number of piperazine rings is 1. The van der Waals surface area contributed by atoms with Gasteiger partial charge in [0.05, 0.1) is 38.0 Å². The van der Waals surface area contributed by atoms with Gasteiger partial charge in [-0.15, -0.1) is 9.42 Å². The van der Waals surface area contributed by atoms with Crippen LogP contribution in [0.3, 0.4) is 0 Å². The number of esters is 1. The van der Waals surface area contributed by atoms with Crippen molar-refractivity contribution in [1.82, 2.24) is 34.0 Å². The van der Waals surface area contributed by atoms with E-state index in [1.807, 2.05) is 55.5 Å². The molecule has 0 saturated carbocycles. The van der Waals surface area contributed by atoms with E-state index in [1.165, 1.54) is 52.9 Å². The molecule has 0 aliphatic carbocycles. The van der Waals surface area contributed by atoms with E-state index in [0.717, 1.165) is 43.6 Å². The molecule has 2 aliphatic heterocycles. The van der Waals surface area contributed by atoms with Crippen LogP contribution in [0.5, 0.6) is 5.75 Å². The summed E-state index contributed by atoms with van der Waals surface area (Å²) in [6, 6.07) is 18.4. The Morgan fingerprint density at radius 1 is 0.940 bits per heavy atom. The molecule has 2 aromatic heterocycles. The zero-order chi connectivity index (χ0) is 47.7. The van der Waals surface area contributed by atoms with Crippen LogP contribution in [-0.2, 0) is 45.0 Å². The van der Waals surface area contributed by atoms with Crippen LogP contribution in [0.15, 0.2) is 90.5 Å². The van der Waals surface area contributed by atoms with E-state index < -0.39 is 61.7 Å². The Kier molecular flexibility index (Phi) is 16.0. The maximum Gasteiger partial charge on any atom is 0.696 e. The fraction of sp³-hybridized carbons (Fsp3) is 0.455. The molecule has 7 rings (SSSR count). The van der Waals surface area contributed by atoms with Crippen LogP contribution in [0.1, 0.15) is 45.2 Å². The van der Waals surface area contributed by atoms with Gasteiger partial charge < -0.3 is 33.5 Å². The predicted octanol–water partition coefficient (Wildman–Crippen LogP) is 5.18. The average Bonchev–Trinajstić information content (AvgIpc) is 4.06. The monoisotopic (exact) mass is 952 g/mol. The molecule has 2 fully saturated rings. The summed E-state index contributed by atoms with van der Waals surface area (Å²) < 4.78 is 76.3. The van der Waals surface area contributed by atoms with Crippen molar-refractivity contribution in [3.05, 3.63) is 113 Å². The first-order valence-corrected chi connectivity index (χ1v) is 22.8. The average molecular weight is 953 g/mol. The lowest BCUT2D eigenvalue weighted by molar-refractivity contribution is -0.170. The minimum Gasteiger partial charge on any atom is -0.493 e. The molecule has 23 heteroatoms. The molecule has 3 aromatic carbocycles. The quantitative estimate of drug-likeness (QED) is 0.0606. The van der Waals surface area contributed by atoms with Gasteiger partial charge >= 0.3 is 26.1 Å². The van der Waals surface area contributed by atoms with Crippen molar-refractivity contribution in [2.45, 2.75) is 64.2 Å². The Bertz CT molecular complexity index is 2510. The van der Waals surface area contributed by atoms with Gasteiger partial charge in [0.15, 0.2) is 6.73 Å². The molecule has 67 heavy (non-hydrogen) atoms. The van der Waals surface area contributed by atoms with Gasteiger partial charge in [0.1, 0.15) is 48.1 Å². The number of ether oxygens (including phenoxy) is 5. The zero-order valence-electron chi connectivity index (χ0n) is 37.4. The number of carbonyl (C=O) groups is 2. The molecule has 2 saturated heterocycles. The molecule has 0 bridgehead atoms. The van der Waals surface area contributed by atoms with Crippen LogP contribution in [-0.4, -0.2) is 123 Å². The smallest absolute Gasteiger partial charge is 0.493 e. The lowest BCUT2D eigenvalue weighted by atomic mass is 9.87. The number of nitrogens with zero attached hydrogens (tertiary/aromatic N) is 9. The molecule has 0 radical (unpaired) electrons. The molecule has 6 atom stereocenters. The van der Waals surface area contributed by atoms with Crippen molar-refractivity contribution in [3.63, 3.8) is 0 Å². The highest BCUT2D eigenvalue weighted by Gasteiger charge is 2.45. The minimum absolute atomic E-state index is 0.0490. The topological polar surface area (TPSA) is 207 Å². The molecule has 1 N–H and O–H groups in total. The summed E-state index contributed by atoms with van der Waals surface area (Å²) in [5.74, 6) is -1.45. The van der Waals surface area contributed by atoms with Gasteiger partial charge in [-0.2, -0.15) is 10.2 Å². The number of halogens is 2. The van der Waals surface area contributed by atoms with Crippen molar-refractivity contribution in [2.75, 3.05) is 69.5 Å². The summed E-state index contributed by atoms with van der Waals surface area (Å²) in [5.41, 5.74) is 1.46. The number of likely N-dealkylation sites (N-methyl/N-ethyl adjacent to an activating group) is 1. The largest absolute Gasteiger partial charge is 0.696 e. The summed E-state index contributed by atoms with van der Waals surface area (Å²) in [4.78, 5) is 56.9. The number of rotatable bonds is 20. The Morgan fingerprint density at radius 3 is 2.24 bits per heavy atom. The Morgan fingerprint density at radius 2 is 1.61 bits per heavy atom. The highest BCUT2D eigenvalue weighted by molar-refractivity contribution is 7.32. The highest BCUT2D eigenvalue weighted by atomic mass is 31.1. The number of aromatic nitrogens is 6. The molecule has 358 valence electrons. The molecule has 2 unspecified atom stereocenters. The second-order valence-electron chi connectivity index (χ2n) is 16.4. The molecule has 0 amide bonds. The van der Waals surface area contributed by atoms with Crippen LogP contribution < -0.4 is 20.2 Å². The molecule has 5 aromatic rings. The Balaban J connectivity index is 0.867. The van der Waals surface area contributed by atoms with Gasteiger partial charge in [-0.25, -0.2) is 37.3 Å². The molecule has 0 spiro atoms. The highest BCUT2D eigenvalue weighted by Crippen LogP contribution is 2.42. The third-order valence-corrected chi connectivity index (χ3v) is 11.9. The normalized spacial score (nSPS) is 18.9. The first kappa shape index (κ1) is 48.6. The van der Waals surface area contributed by atoms with Gasteiger partial charge in [0, 0.05) is 66.6 Å². The van der Waals surface area contributed by atoms with Crippen molar-refractivity contribution in [2.24, 2.45) is 5.92 Å². The third-order valence-electron chi connectivity index (χ3n) is 11.6. The van der Waals surface area contributed by atoms with Gasteiger partial charge in [0.25, 0.3) is 0 Å². The third kappa shape index (κ3) is 12.4. The van der Waals surface area contributed by atoms with E-state index in [-0.39, 0.29) is 31.3 Å². The lowest BCUT2D eigenvalue weighted by Gasteiger charge is -2.37.